The van der Waals surface area contributed by atoms with Gasteiger partial charge in [0.15, 0.2) is 0 Å². The van der Waals surface area contributed by atoms with Gasteiger partial charge in [0.1, 0.15) is 17.1 Å². The predicted molar refractivity (Wildman–Crippen MR) is 99.3 cm³/mol. The molecule has 1 N–H and O–H groups in total. The van der Waals surface area contributed by atoms with Crippen LogP contribution >= 0.6 is 0 Å². The van der Waals surface area contributed by atoms with Crippen molar-refractivity contribution in [1.82, 2.24) is 5.32 Å². The second-order valence-electron chi connectivity index (χ2n) is 5.90. The third-order valence-corrected chi connectivity index (χ3v) is 4.20. The number of ether oxygens (including phenoxy) is 2. The lowest BCUT2D eigenvalue weighted by Gasteiger charge is -2.26. The fourth-order valence-corrected chi connectivity index (χ4v) is 2.73. The van der Waals surface area contributed by atoms with E-state index in [1.807, 2.05) is 0 Å². The summed E-state index contributed by atoms with van der Waals surface area (Å²) in [5.74, 6) is -2.24. The van der Waals surface area contributed by atoms with Crippen molar-refractivity contribution in [3.8, 4) is 11.5 Å². The van der Waals surface area contributed by atoms with E-state index in [1.165, 1.54) is 44.6 Å². The average molecular weight is 395 g/mol. The number of methoxy groups -OCH3 is 2. The number of nitrogens with one attached hydrogen (secondary N) is 1. The Balaban J connectivity index is 2.01. The molecule has 0 aliphatic carbocycles. The topological polar surface area (TPSA) is 125 Å². The standard InChI is InChI=1S/C20H16N2O7/c1-28-14-8-5-12(16(10-14)29-2)9-15-17(23)21-20(27)22(18(15)24)13-6-3-11(4-7-13)19(25)26/h3-10H,1-2H3,(H,25,26)(H,21,23,27)/p-1/b15-9-. The lowest BCUT2D eigenvalue weighted by molar-refractivity contribution is -0.255. The summed E-state index contributed by atoms with van der Waals surface area (Å²) in [6.07, 6.45) is 1.30. The molecule has 2 aromatic rings. The van der Waals surface area contributed by atoms with Crippen molar-refractivity contribution in [3.05, 3.63) is 59.2 Å². The number of carboxylic acids is 1. The molecule has 29 heavy (non-hydrogen) atoms. The molecule has 4 amide bonds. The Morgan fingerprint density at radius 2 is 1.72 bits per heavy atom. The van der Waals surface area contributed by atoms with Crippen LogP contribution in [0, 0.1) is 0 Å². The highest BCUT2D eigenvalue weighted by Gasteiger charge is 2.37. The number of urea groups is 1. The molecule has 0 atom stereocenters. The Morgan fingerprint density at radius 1 is 1.03 bits per heavy atom. The molecule has 3 rings (SSSR count). The van der Waals surface area contributed by atoms with Gasteiger partial charge in [0.05, 0.1) is 25.9 Å². The lowest BCUT2D eigenvalue weighted by Crippen LogP contribution is -2.54. The van der Waals surface area contributed by atoms with Gasteiger partial charge in [0.25, 0.3) is 11.8 Å². The minimum Gasteiger partial charge on any atom is -0.545 e. The first-order valence-electron chi connectivity index (χ1n) is 8.30. The van der Waals surface area contributed by atoms with E-state index in [0.29, 0.717) is 17.1 Å². The summed E-state index contributed by atoms with van der Waals surface area (Å²) in [6.45, 7) is 0. The third kappa shape index (κ3) is 3.79. The summed E-state index contributed by atoms with van der Waals surface area (Å²) in [5, 5.41) is 13.0. The maximum Gasteiger partial charge on any atom is 0.335 e. The first-order chi connectivity index (χ1) is 13.8. The van der Waals surface area contributed by atoms with Gasteiger partial charge in [-0.2, -0.15) is 0 Å². The molecule has 0 saturated carbocycles. The highest BCUT2D eigenvalue weighted by atomic mass is 16.5. The van der Waals surface area contributed by atoms with E-state index in [0.717, 1.165) is 4.90 Å². The molecular formula is C20H15N2O7-. The lowest BCUT2D eigenvalue weighted by atomic mass is 10.1. The van der Waals surface area contributed by atoms with Crippen molar-refractivity contribution >= 4 is 35.6 Å². The van der Waals surface area contributed by atoms with Crippen molar-refractivity contribution in [2.45, 2.75) is 0 Å². The smallest absolute Gasteiger partial charge is 0.335 e. The molecule has 148 valence electrons. The molecule has 0 radical (unpaired) electrons. The van der Waals surface area contributed by atoms with Crippen LogP contribution in [0.1, 0.15) is 15.9 Å². The maximum absolute atomic E-state index is 12.9. The van der Waals surface area contributed by atoms with Gasteiger partial charge in [-0.1, -0.05) is 12.1 Å². The number of hydrogen-bond acceptors (Lipinski definition) is 7. The van der Waals surface area contributed by atoms with Crippen LogP contribution in [0.25, 0.3) is 6.08 Å². The second-order valence-corrected chi connectivity index (χ2v) is 5.90. The van der Waals surface area contributed by atoms with E-state index in [9.17, 15) is 24.3 Å². The molecule has 2 aromatic carbocycles. The Morgan fingerprint density at radius 3 is 2.31 bits per heavy atom. The Kier molecular flexibility index (Phi) is 5.31. The van der Waals surface area contributed by atoms with E-state index in [-0.39, 0.29) is 16.8 Å². The summed E-state index contributed by atoms with van der Waals surface area (Å²) in [7, 11) is 2.91. The number of nitrogens with zero attached hydrogens (tertiary/aromatic N) is 1. The quantitative estimate of drug-likeness (QED) is 0.584. The molecule has 1 aliphatic heterocycles. The van der Waals surface area contributed by atoms with Gasteiger partial charge < -0.3 is 19.4 Å². The number of carbonyl (C=O) groups excluding carboxylic acids is 4. The van der Waals surface area contributed by atoms with Gasteiger partial charge in [-0.15, -0.1) is 0 Å². The van der Waals surface area contributed by atoms with E-state index in [2.05, 4.69) is 5.32 Å². The van der Waals surface area contributed by atoms with Crippen LogP contribution in [0.4, 0.5) is 10.5 Å². The first kappa shape index (κ1) is 19.6. The minimum absolute atomic E-state index is 0.0950. The number of rotatable bonds is 5. The van der Waals surface area contributed by atoms with E-state index >= 15 is 0 Å². The molecule has 1 fully saturated rings. The van der Waals surface area contributed by atoms with Crippen molar-refractivity contribution in [2.75, 3.05) is 19.1 Å². The Labute approximate surface area is 165 Å². The van der Waals surface area contributed by atoms with E-state index in [1.54, 1.807) is 18.2 Å². The summed E-state index contributed by atoms with van der Waals surface area (Å²) in [6, 6.07) is 8.78. The van der Waals surface area contributed by atoms with Crippen LogP contribution in [-0.4, -0.2) is 38.0 Å². The molecule has 0 aromatic heterocycles. The summed E-state index contributed by atoms with van der Waals surface area (Å²) < 4.78 is 10.4. The number of barbiturate groups is 1. The van der Waals surface area contributed by atoms with E-state index < -0.39 is 23.8 Å². The van der Waals surface area contributed by atoms with Crippen LogP contribution in [0.2, 0.25) is 0 Å². The fraction of sp³-hybridized carbons (Fsp3) is 0.100. The molecule has 9 nitrogen and oxygen atoms in total. The largest absolute Gasteiger partial charge is 0.545 e. The predicted octanol–water partition coefficient (Wildman–Crippen LogP) is 0.734. The number of carboxylic acid groups (broad SMARTS) is 1. The molecule has 1 aliphatic rings. The van der Waals surface area contributed by atoms with Crippen LogP contribution in [0.15, 0.2) is 48.0 Å². The summed E-state index contributed by atoms with van der Waals surface area (Å²) in [5.41, 5.74) is 0.108. The molecule has 1 saturated heterocycles. The zero-order valence-electron chi connectivity index (χ0n) is 15.4. The number of amides is 4. The van der Waals surface area contributed by atoms with Gasteiger partial charge in [0, 0.05) is 11.6 Å². The van der Waals surface area contributed by atoms with Crippen molar-refractivity contribution in [2.24, 2.45) is 0 Å². The molecular weight excluding hydrogens is 380 g/mol. The van der Waals surface area contributed by atoms with Crippen molar-refractivity contribution in [3.63, 3.8) is 0 Å². The number of carbonyl (C=O) groups is 4. The van der Waals surface area contributed by atoms with Crippen molar-refractivity contribution < 1.29 is 33.8 Å². The van der Waals surface area contributed by atoms with Gasteiger partial charge in [-0.05, 0) is 35.9 Å². The first-order valence-corrected chi connectivity index (χ1v) is 8.30. The Bertz CT molecular complexity index is 1040. The third-order valence-electron chi connectivity index (χ3n) is 4.20. The SMILES string of the molecule is COc1ccc(/C=C2/C(=O)NC(=O)N(c3ccc(C(=O)[O-])cc3)C2=O)c(OC)c1. The van der Waals surface area contributed by atoms with E-state index in [4.69, 9.17) is 9.47 Å². The van der Waals surface area contributed by atoms with Gasteiger partial charge in [-0.25, -0.2) is 9.69 Å². The van der Waals surface area contributed by atoms with Gasteiger partial charge in [0.2, 0.25) is 0 Å². The fourth-order valence-electron chi connectivity index (χ4n) is 2.73. The van der Waals surface area contributed by atoms with Crippen molar-refractivity contribution in [1.29, 1.82) is 0 Å². The monoisotopic (exact) mass is 395 g/mol. The van der Waals surface area contributed by atoms with Crippen LogP contribution < -0.4 is 24.8 Å². The van der Waals surface area contributed by atoms with Gasteiger partial charge in [-0.3, -0.25) is 14.9 Å². The zero-order chi connectivity index (χ0) is 21.1. The van der Waals surface area contributed by atoms with Crippen LogP contribution in [-0.2, 0) is 9.59 Å². The number of aromatic carboxylic acids is 1. The highest BCUT2D eigenvalue weighted by molar-refractivity contribution is 6.39. The minimum atomic E-state index is -1.40. The zero-order valence-corrected chi connectivity index (χ0v) is 15.4. The van der Waals surface area contributed by atoms with Crippen LogP contribution in [0.5, 0.6) is 11.5 Å². The molecule has 0 spiro atoms. The normalized spacial score (nSPS) is 15.3. The molecule has 9 heteroatoms. The van der Waals surface area contributed by atoms with Gasteiger partial charge >= 0.3 is 6.03 Å². The number of benzene rings is 2. The highest BCUT2D eigenvalue weighted by Crippen LogP contribution is 2.28. The number of anilines is 1. The summed E-state index contributed by atoms with van der Waals surface area (Å²) in [4.78, 5) is 49.0. The molecule has 0 unspecified atom stereocenters. The number of hydrogen-bond donors (Lipinski definition) is 1. The van der Waals surface area contributed by atoms with Crippen LogP contribution in [0.3, 0.4) is 0 Å². The maximum atomic E-state index is 12.9. The second kappa shape index (κ2) is 7.85. The Hall–Kier alpha value is -4.14. The number of imide groups is 2. The average Bonchev–Trinajstić information content (AvgIpc) is 2.71. The summed E-state index contributed by atoms with van der Waals surface area (Å²) >= 11 is 0. The molecule has 1 heterocycles. The molecule has 0 bridgehead atoms.